The third-order valence-electron chi connectivity index (χ3n) is 2.85. The van der Waals surface area contributed by atoms with Crippen LogP contribution in [0.1, 0.15) is 5.56 Å². The van der Waals surface area contributed by atoms with E-state index in [0.29, 0.717) is 22.4 Å². The second-order valence-electron chi connectivity index (χ2n) is 4.32. The number of halogens is 4. The van der Waals surface area contributed by atoms with Gasteiger partial charge in [-0.25, -0.2) is 0 Å². The first-order valence-electron chi connectivity index (χ1n) is 6.16. The molecule has 120 valence electrons. The number of methoxy groups -OCH3 is 1. The standard InChI is InChI=1S/C15H14F3NO2.ClH/c1-20-14-5-3-2-4-13(14)11-6-10(9-19)7-12(8-11)21-15(16,17)18;/h2-8H,9,19H2,1H3;1H. The van der Waals surface area contributed by atoms with Crippen LogP contribution >= 0.6 is 12.4 Å². The molecule has 2 aromatic carbocycles. The first-order valence-corrected chi connectivity index (χ1v) is 6.16. The van der Waals surface area contributed by atoms with Gasteiger partial charge in [-0.15, -0.1) is 25.6 Å². The Morgan fingerprint density at radius 3 is 2.36 bits per heavy atom. The van der Waals surface area contributed by atoms with Gasteiger partial charge in [-0.3, -0.25) is 0 Å². The van der Waals surface area contributed by atoms with E-state index in [4.69, 9.17) is 10.5 Å². The van der Waals surface area contributed by atoms with Gasteiger partial charge < -0.3 is 15.2 Å². The first-order chi connectivity index (χ1) is 9.93. The number of nitrogens with two attached hydrogens (primary N) is 1. The number of ether oxygens (including phenoxy) is 2. The summed E-state index contributed by atoms with van der Waals surface area (Å²) >= 11 is 0. The Hall–Kier alpha value is -1.92. The minimum atomic E-state index is -4.74. The van der Waals surface area contributed by atoms with Crippen molar-refractivity contribution in [2.24, 2.45) is 5.73 Å². The van der Waals surface area contributed by atoms with E-state index < -0.39 is 6.36 Å². The minimum absolute atomic E-state index is 0. The molecule has 0 saturated carbocycles. The van der Waals surface area contributed by atoms with E-state index in [9.17, 15) is 13.2 Å². The predicted octanol–water partition coefficient (Wildman–Crippen LogP) is 4.14. The average molecular weight is 334 g/mol. The van der Waals surface area contributed by atoms with E-state index in [1.54, 1.807) is 30.3 Å². The molecule has 0 aliphatic rings. The first kappa shape index (κ1) is 18.1. The Labute approximate surface area is 132 Å². The molecule has 0 heterocycles. The normalized spacial score (nSPS) is 10.8. The van der Waals surface area contributed by atoms with E-state index >= 15 is 0 Å². The van der Waals surface area contributed by atoms with Gasteiger partial charge >= 0.3 is 6.36 Å². The molecule has 0 aliphatic heterocycles. The fraction of sp³-hybridized carbons (Fsp3) is 0.200. The summed E-state index contributed by atoms with van der Waals surface area (Å²) in [6, 6.07) is 11.3. The Balaban J connectivity index is 0.00000242. The van der Waals surface area contributed by atoms with Gasteiger partial charge in [0.25, 0.3) is 0 Å². The van der Waals surface area contributed by atoms with Crippen molar-refractivity contribution in [2.45, 2.75) is 12.9 Å². The molecule has 0 amide bonds. The van der Waals surface area contributed by atoms with E-state index in [1.165, 1.54) is 19.2 Å². The van der Waals surface area contributed by atoms with Crippen LogP contribution in [0.15, 0.2) is 42.5 Å². The van der Waals surface area contributed by atoms with Crippen molar-refractivity contribution < 1.29 is 22.6 Å². The largest absolute Gasteiger partial charge is 0.573 e. The smallest absolute Gasteiger partial charge is 0.496 e. The summed E-state index contributed by atoms with van der Waals surface area (Å²) in [5, 5.41) is 0. The molecule has 0 fully saturated rings. The van der Waals surface area contributed by atoms with Crippen molar-refractivity contribution in [2.75, 3.05) is 7.11 Å². The summed E-state index contributed by atoms with van der Waals surface area (Å²) in [4.78, 5) is 0. The van der Waals surface area contributed by atoms with Gasteiger partial charge in [0, 0.05) is 12.1 Å². The van der Waals surface area contributed by atoms with Gasteiger partial charge in [-0.05, 0) is 35.4 Å². The van der Waals surface area contributed by atoms with E-state index in [1.807, 2.05) is 0 Å². The van der Waals surface area contributed by atoms with Crippen LogP contribution in [-0.4, -0.2) is 13.5 Å². The van der Waals surface area contributed by atoms with Gasteiger partial charge in [0.1, 0.15) is 11.5 Å². The summed E-state index contributed by atoms with van der Waals surface area (Å²) in [5.41, 5.74) is 7.29. The fourth-order valence-corrected chi connectivity index (χ4v) is 2.01. The van der Waals surface area contributed by atoms with Crippen molar-refractivity contribution in [3.63, 3.8) is 0 Å². The zero-order valence-corrected chi connectivity index (χ0v) is 12.5. The van der Waals surface area contributed by atoms with E-state index in [-0.39, 0.29) is 24.7 Å². The lowest BCUT2D eigenvalue weighted by molar-refractivity contribution is -0.274. The second-order valence-corrected chi connectivity index (χ2v) is 4.32. The summed E-state index contributed by atoms with van der Waals surface area (Å²) in [5.74, 6) is 0.260. The molecule has 0 radical (unpaired) electrons. The number of benzene rings is 2. The number of hydrogen-bond donors (Lipinski definition) is 1. The van der Waals surface area contributed by atoms with Crippen molar-refractivity contribution in [1.82, 2.24) is 0 Å². The predicted molar refractivity (Wildman–Crippen MR) is 80.3 cm³/mol. The van der Waals surface area contributed by atoms with Crippen molar-refractivity contribution >= 4 is 12.4 Å². The molecule has 0 bridgehead atoms. The summed E-state index contributed by atoms with van der Waals surface area (Å²) < 4.78 is 46.3. The molecule has 2 N–H and O–H groups in total. The second kappa shape index (κ2) is 7.38. The maximum atomic E-state index is 12.4. The number of para-hydroxylation sites is 1. The van der Waals surface area contributed by atoms with Crippen molar-refractivity contribution in [3.8, 4) is 22.6 Å². The van der Waals surface area contributed by atoms with Crippen LogP contribution in [0, 0.1) is 0 Å². The lowest BCUT2D eigenvalue weighted by Crippen LogP contribution is -2.17. The molecule has 0 saturated heterocycles. The number of hydrogen-bond acceptors (Lipinski definition) is 3. The monoisotopic (exact) mass is 333 g/mol. The molecule has 22 heavy (non-hydrogen) atoms. The SMILES string of the molecule is COc1ccccc1-c1cc(CN)cc(OC(F)(F)F)c1.Cl. The topological polar surface area (TPSA) is 44.5 Å². The molecule has 0 atom stereocenters. The van der Waals surface area contributed by atoms with Crippen LogP contribution in [0.4, 0.5) is 13.2 Å². The van der Waals surface area contributed by atoms with E-state index in [0.717, 1.165) is 0 Å². The molecular weight excluding hydrogens is 319 g/mol. The highest BCUT2D eigenvalue weighted by Crippen LogP contribution is 2.34. The Bertz CT molecular complexity index is 632. The molecular formula is C15H15ClF3NO2. The average Bonchev–Trinajstić information content (AvgIpc) is 2.45. The molecule has 0 aromatic heterocycles. The third kappa shape index (κ3) is 4.54. The van der Waals surface area contributed by atoms with Crippen molar-refractivity contribution in [3.05, 3.63) is 48.0 Å². The summed E-state index contributed by atoms with van der Waals surface area (Å²) in [6.07, 6.45) is -4.74. The van der Waals surface area contributed by atoms with Gasteiger partial charge in [-0.2, -0.15) is 0 Å². The zero-order valence-electron chi connectivity index (χ0n) is 11.7. The fourth-order valence-electron chi connectivity index (χ4n) is 2.01. The van der Waals surface area contributed by atoms with Crippen LogP contribution in [0.5, 0.6) is 11.5 Å². The highest BCUT2D eigenvalue weighted by atomic mass is 35.5. The molecule has 0 aliphatic carbocycles. The highest BCUT2D eigenvalue weighted by Gasteiger charge is 2.31. The van der Waals surface area contributed by atoms with Crippen LogP contribution < -0.4 is 15.2 Å². The van der Waals surface area contributed by atoms with Gasteiger partial charge in [0.15, 0.2) is 0 Å². The number of alkyl halides is 3. The third-order valence-corrected chi connectivity index (χ3v) is 2.85. The molecule has 0 spiro atoms. The Morgan fingerprint density at radius 1 is 1.09 bits per heavy atom. The highest BCUT2D eigenvalue weighted by molar-refractivity contribution is 5.85. The quantitative estimate of drug-likeness (QED) is 0.914. The van der Waals surface area contributed by atoms with E-state index in [2.05, 4.69) is 4.74 Å². The van der Waals surface area contributed by atoms with Crippen LogP contribution in [-0.2, 0) is 6.54 Å². The van der Waals surface area contributed by atoms with Crippen molar-refractivity contribution in [1.29, 1.82) is 0 Å². The van der Waals surface area contributed by atoms with Gasteiger partial charge in [-0.1, -0.05) is 18.2 Å². The molecule has 2 aromatic rings. The molecule has 0 unspecified atom stereocenters. The van der Waals surface area contributed by atoms with Gasteiger partial charge in [0.05, 0.1) is 7.11 Å². The van der Waals surface area contributed by atoms with Crippen LogP contribution in [0.3, 0.4) is 0 Å². The van der Waals surface area contributed by atoms with Gasteiger partial charge in [0.2, 0.25) is 0 Å². The van der Waals surface area contributed by atoms with Crippen LogP contribution in [0.2, 0.25) is 0 Å². The lowest BCUT2D eigenvalue weighted by atomic mass is 10.0. The lowest BCUT2D eigenvalue weighted by Gasteiger charge is -2.14. The summed E-state index contributed by atoms with van der Waals surface area (Å²) in [6.45, 7) is 0.108. The zero-order chi connectivity index (χ0) is 15.5. The molecule has 2 rings (SSSR count). The Kier molecular flexibility index (Phi) is 6.08. The molecule has 7 heteroatoms. The number of rotatable bonds is 4. The van der Waals surface area contributed by atoms with Crippen LogP contribution in [0.25, 0.3) is 11.1 Å². The summed E-state index contributed by atoms with van der Waals surface area (Å²) in [7, 11) is 1.50. The minimum Gasteiger partial charge on any atom is -0.496 e. The Morgan fingerprint density at radius 2 is 1.77 bits per heavy atom. The maximum absolute atomic E-state index is 12.4. The molecule has 3 nitrogen and oxygen atoms in total. The maximum Gasteiger partial charge on any atom is 0.573 e.